The number of nitrogens with one attached hydrogen (secondary N) is 1. The lowest BCUT2D eigenvalue weighted by Crippen LogP contribution is -2.44. The third-order valence-corrected chi connectivity index (χ3v) is 3.62. The van der Waals surface area contributed by atoms with Crippen molar-refractivity contribution in [3.05, 3.63) is 29.8 Å². The molecule has 1 aliphatic rings. The first-order valence-electron chi connectivity index (χ1n) is 7.27. The molecule has 5 heteroatoms. The van der Waals surface area contributed by atoms with Crippen molar-refractivity contribution in [2.24, 2.45) is 0 Å². The summed E-state index contributed by atoms with van der Waals surface area (Å²) >= 11 is 0. The van der Waals surface area contributed by atoms with Crippen molar-refractivity contribution in [2.75, 3.05) is 19.8 Å². The van der Waals surface area contributed by atoms with Crippen LogP contribution in [0.25, 0.3) is 0 Å². The van der Waals surface area contributed by atoms with Crippen LogP contribution in [0, 0.1) is 11.3 Å². The zero-order valence-corrected chi connectivity index (χ0v) is 12.3. The molecule has 0 aromatic heterocycles. The smallest absolute Gasteiger partial charge is 0.181 e. The van der Waals surface area contributed by atoms with Gasteiger partial charge in [-0.1, -0.05) is 12.1 Å². The van der Waals surface area contributed by atoms with Crippen molar-refractivity contribution in [2.45, 2.75) is 38.0 Å². The summed E-state index contributed by atoms with van der Waals surface area (Å²) in [7, 11) is 0. The van der Waals surface area contributed by atoms with E-state index in [1.165, 1.54) is 0 Å². The molecule has 2 N–H and O–H groups in total. The topological polar surface area (TPSA) is 74.5 Å². The highest BCUT2D eigenvalue weighted by Crippen LogP contribution is 2.19. The molecule has 5 nitrogen and oxygen atoms in total. The first kappa shape index (κ1) is 15.8. The molecule has 1 fully saturated rings. The maximum Gasteiger partial charge on any atom is 0.181 e. The molecule has 21 heavy (non-hydrogen) atoms. The quantitative estimate of drug-likeness (QED) is 0.832. The van der Waals surface area contributed by atoms with E-state index in [0.717, 1.165) is 5.56 Å². The number of ether oxygens (including phenoxy) is 2. The van der Waals surface area contributed by atoms with Crippen LogP contribution < -0.4 is 10.1 Å². The molecule has 0 spiro atoms. The minimum absolute atomic E-state index is 0.447. The van der Waals surface area contributed by atoms with Crippen LogP contribution in [0.3, 0.4) is 0 Å². The van der Waals surface area contributed by atoms with Crippen LogP contribution in [-0.2, 0) is 11.3 Å². The van der Waals surface area contributed by atoms with Crippen molar-refractivity contribution in [1.29, 1.82) is 5.26 Å². The van der Waals surface area contributed by atoms with Crippen molar-refractivity contribution in [1.82, 2.24) is 5.32 Å². The molecule has 1 aromatic carbocycles. The Hall–Kier alpha value is -1.61. The Morgan fingerprint density at radius 2 is 2.05 bits per heavy atom. The predicted octanol–water partition coefficient (Wildman–Crippen LogP) is 1.61. The Morgan fingerprint density at radius 3 is 2.67 bits per heavy atom. The highest BCUT2D eigenvalue weighted by atomic mass is 16.5. The van der Waals surface area contributed by atoms with E-state index in [0.29, 0.717) is 44.9 Å². The summed E-state index contributed by atoms with van der Waals surface area (Å²) in [5.41, 5.74) is 0.464. The van der Waals surface area contributed by atoms with Gasteiger partial charge in [-0.2, -0.15) is 5.26 Å². The van der Waals surface area contributed by atoms with Gasteiger partial charge >= 0.3 is 0 Å². The molecule has 2 rings (SSSR count). The van der Waals surface area contributed by atoms with Crippen LogP contribution in [-0.4, -0.2) is 36.6 Å². The van der Waals surface area contributed by atoms with Gasteiger partial charge in [0.15, 0.2) is 6.10 Å². The molecule has 0 bridgehead atoms. The van der Waals surface area contributed by atoms with Gasteiger partial charge in [0.05, 0.1) is 5.60 Å². The summed E-state index contributed by atoms with van der Waals surface area (Å²) in [6, 6.07) is 9.66. The van der Waals surface area contributed by atoms with Crippen molar-refractivity contribution in [3.8, 4) is 11.8 Å². The fourth-order valence-corrected chi connectivity index (χ4v) is 2.28. The first-order chi connectivity index (χ1) is 10.1. The summed E-state index contributed by atoms with van der Waals surface area (Å²) in [5, 5.41) is 22.3. The van der Waals surface area contributed by atoms with Gasteiger partial charge in [0, 0.05) is 39.1 Å². The van der Waals surface area contributed by atoms with E-state index in [1.54, 1.807) is 6.92 Å². The van der Waals surface area contributed by atoms with Crippen molar-refractivity contribution >= 4 is 0 Å². The Balaban J connectivity index is 1.77. The number of rotatable bonds is 6. The highest BCUT2D eigenvalue weighted by Gasteiger charge is 2.28. The van der Waals surface area contributed by atoms with Crippen molar-refractivity contribution in [3.63, 3.8) is 0 Å². The second-order valence-corrected chi connectivity index (χ2v) is 5.47. The van der Waals surface area contributed by atoms with E-state index in [-0.39, 0.29) is 0 Å². The molecule has 0 radical (unpaired) electrons. The third kappa shape index (κ3) is 5.01. The number of nitriles is 1. The normalized spacial score (nSPS) is 18.7. The van der Waals surface area contributed by atoms with Gasteiger partial charge in [0.2, 0.25) is 0 Å². The van der Waals surface area contributed by atoms with Gasteiger partial charge in [-0.15, -0.1) is 0 Å². The lowest BCUT2D eigenvalue weighted by atomic mass is 9.94. The highest BCUT2D eigenvalue weighted by molar-refractivity contribution is 5.27. The van der Waals surface area contributed by atoms with E-state index in [2.05, 4.69) is 5.32 Å². The minimum Gasteiger partial charge on any atom is -0.476 e. The molecular weight excluding hydrogens is 268 g/mol. The zero-order chi connectivity index (χ0) is 15.1. The minimum atomic E-state index is -0.649. The van der Waals surface area contributed by atoms with E-state index in [1.807, 2.05) is 30.3 Å². The van der Waals surface area contributed by atoms with Gasteiger partial charge in [-0.3, -0.25) is 0 Å². The molecule has 0 saturated carbocycles. The Bertz CT molecular complexity index is 475. The summed E-state index contributed by atoms with van der Waals surface area (Å²) in [4.78, 5) is 0. The third-order valence-electron chi connectivity index (χ3n) is 3.62. The van der Waals surface area contributed by atoms with Crippen LogP contribution in [0.5, 0.6) is 5.75 Å². The van der Waals surface area contributed by atoms with Crippen LogP contribution in [0.15, 0.2) is 24.3 Å². The number of aliphatic hydroxyl groups is 1. The summed E-state index contributed by atoms with van der Waals surface area (Å²) in [6.45, 7) is 4.23. The monoisotopic (exact) mass is 290 g/mol. The van der Waals surface area contributed by atoms with Crippen LogP contribution in [0.1, 0.15) is 25.3 Å². The maximum absolute atomic E-state index is 10.3. The zero-order valence-electron chi connectivity index (χ0n) is 12.3. The number of nitrogens with zero attached hydrogens (tertiary/aromatic N) is 1. The van der Waals surface area contributed by atoms with E-state index in [4.69, 9.17) is 14.7 Å². The first-order valence-corrected chi connectivity index (χ1v) is 7.27. The molecule has 1 atom stereocenters. The number of hydrogen-bond acceptors (Lipinski definition) is 5. The van der Waals surface area contributed by atoms with E-state index < -0.39 is 11.7 Å². The molecule has 1 saturated heterocycles. The number of hydrogen-bond donors (Lipinski definition) is 2. The summed E-state index contributed by atoms with van der Waals surface area (Å²) in [6.07, 6.45) is 0.911. The second kappa shape index (κ2) is 7.41. The summed E-state index contributed by atoms with van der Waals surface area (Å²) < 4.78 is 10.7. The fraction of sp³-hybridized carbons (Fsp3) is 0.562. The molecule has 114 valence electrons. The van der Waals surface area contributed by atoms with Crippen LogP contribution in [0.4, 0.5) is 0 Å². The Kier molecular flexibility index (Phi) is 5.57. The van der Waals surface area contributed by atoms with Gasteiger partial charge in [-0.05, 0) is 24.6 Å². The predicted molar refractivity (Wildman–Crippen MR) is 78.9 cm³/mol. The molecule has 1 aliphatic heterocycles. The van der Waals surface area contributed by atoms with E-state index >= 15 is 0 Å². The Labute approximate surface area is 125 Å². The van der Waals surface area contributed by atoms with Gasteiger partial charge in [-0.25, -0.2) is 0 Å². The SMILES string of the molecule is CC(C#N)Oc1ccc(CNCC2(O)CCOCC2)cc1. The lowest BCUT2D eigenvalue weighted by Gasteiger charge is -2.32. The standard InChI is InChI=1S/C16H22N2O3/c1-13(10-17)21-15-4-2-14(3-5-15)11-18-12-16(19)6-8-20-9-7-16/h2-5,13,18-19H,6-9,11-12H2,1H3. The van der Waals surface area contributed by atoms with Crippen molar-refractivity contribution < 1.29 is 14.6 Å². The number of benzene rings is 1. The average molecular weight is 290 g/mol. The van der Waals surface area contributed by atoms with Gasteiger partial charge in [0.1, 0.15) is 11.8 Å². The van der Waals surface area contributed by atoms with Gasteiger partial charge in [0.25, 0.3) is 0 Å². The fourth-order valence-electron chi connectivity index (χ4n) is 2.28. The molecule has 1 unspecified atom stereocenters. The lowest BCUT2D eigenvalue weighted by molar-refractivity contribution is -0.0617. The van der Waals surface area contributed by atoms with Crippen LogP contribution in [0.2, 0.25) is 0 Å². The Morgan fingerprint density at radius 1 is 1.38 bits per heavy atom. The molecular formula is C16H22N2O3. The van der Waals surface area contributed by atoms with E-state index in [9.17, 15) is 5.11 Å². The molecule has 0 aliphatic carbocycles. The maximum atomic E-state index is 10.3. The molecule has 1 heterocycles. The largest absolute Gasteiger partial charge is 0.476 e. The average Bonchev–Trinajstić information content (AvgIpc) is 2.49. The second-order valence-electron chi connectivity index (χ2n) is 5.47. The van der Waals surface area contributed by atoms with Crippen LogP contribution >= 0.6 is 0 Å². The van der Waals surface area contributed by atoms with Gasteiger partial charge < -0.3 is 19.9 Å². The summed E-state index contributed by atoms with van der Waals surface area (Å²) in [5.74, 6) is 0.691. The molecule has 1 aromatic rings. The molecule has 0 amide bonds.